The van der Waals surface area contributed by atoms with E-state index in [1.165, 1.54) is 0 Å². The number of rotatable bonds is 2. The molecule has 19 heavy (non-hydrogen) atoms. The van der Waals surface area contributed by atoms with Crippen LogP contribution in [0.3, 0.4) is 0 Å². The predicted molar refractivity (Wildman–Crippen MR) is 72.3 cm³/mol. The Morgan fingerprint density at radius 2 is 2.11 bits per heavy atom. The fraction of sp³-hybridized carbons (Fsp3) is 0. The molecule has 0 spiro atoms. The van der Waals surface area contributed by atoms with E-state index in [0.29, 0.717) is 11.4 Å². The molecule has 5 nitrogen and oxygen atoms in total. The van der Waals surface area contributed by atoms with Crippen molar-refractivity contribution in [2.75, 3.05) is 0 Å². The number of phenolic OH excluding ortho intramolecular Hbond substituents is 1. The molecule has 1 aromatic carbocycles. The van der Waals surface area contributed by atoms with Gasteiger partial charge in [0.05, 0.1) is 5.56 Å². The standard InChI is InChI=1S/C13H8BrN3O2/c14-9-3-4-10(11(18)6-9)13-16-12(17-19-13)8-2-1-5-15-7-8/h1-7,18H. The highest BCUT2D eigenvalue weighted by molar-refractivity contribution is 9.10. The summed E-state index contributed by atoms with van der Waals surface area (Å²) in [6.07, 6.45) is 3.32. The third-order valence-corrected chi connectivity index (χ3v) is 3.03. The van der Waals surface area contributed by atoms with Gasteiger partial charge in [0.1, 0.15) is 5.75 Å². The van der Waals surface area contributed by atoms with E-state index >= 15 is 0 Å². The lowest BCUT2D eigenvalue weighted by atomic mass is 10.2. The Bertz CT molecular complexity index is 713. The van der Waals surface area contributed by atoms with E-state index < -0.39 is 0 Å². The van der Waals surface area contributed by atoms with Crippen molar-refractivity contribution < 1.29 is 9.63 Å². The molecule has 0 saturated carbocycles. The van der Waals surface area contributed by atoms with Crippen LogP contribution in [-0.2, 0) is 0 Å². The Labute approximate surface area is 117 Å². The van der Waals surface area contributed by atoms with Crippen LogP contribution in [0.25, 0.3) is 22.8 Å². The van der Waals surface area contributed by atoms with Crippen LogP contribution in [0.15, 0.2) is 51.7 Å². The Kier molecular flexibility index (Phi) is 3.00. The summed E-state index contributed by atoms with van der Waals surface area (Å²) in [4.78, 5) is 8.24. The predicted octanol–water partition coefficient (Wildman–Crippen LogP) is 3.27. The molecule has 0 amide bonds. The fourth-order valence-corrected chi connectivity index (χ4v) is 1.98. The van der Waals surface area contributed by atoms with Crippen molar-refractivity contribution in [1.29, 1.82) is 0 Å². The van der Waals surface area contributed by atoms with Crippen LogP contribution in [0, 0.1) is 0 Å². The molecule has 0 saturated heterocycles. The minimum atomic E-state index is 0.0794. The number of nitrogens with zero attached hydrogens (tertiary/aromatic N) is 3. The zero-order chi connectivity index (χ0) is 13.2. The lowest BCUT2D eigenvalue weighted by Gasteiger charge is -1.98. The van der Waals surface area contributed by atoms with E-state index in [-0.39, 0.29) is 11.6 Å². The molecule has 2 heterocycles. The molecule has 0 aliphatic heterocycles. The first-order chi connectivity index (χ1) is 9.24. The lowest BCUT2D eigenvalue weighted by molar-refractivity contribution is 0.425. The first-order valence-electron chi connectivity index (χ1n) is 5.47. The Hall–Kier alpha value is -2.21. The molecule has 2 aromatic heterocycles. The summed E-state index contributed by atoms with van der Waals surface area (Å²) in [6.45, 7) is 0. The maximum absolute atomic E-state index is 9.85. The van der Waals surface area contributed by atoms with Gasteiger partial charge in [0, 0.05) is 22.4 Å². The molecule has 0 bridgehead atoms. The Balaban J connectivity index is 2.02. The zero-order valence-electron chi connectivity index (χ0n) is 9.62. The molecule has 0 aliphatic rings. The number of hydrogen-bond donors (Lipinski definition) is 1. The number of halogens is 1. The summed E-state index contributed by atoms with van der Waals surface area (Å²) in [7, 11) is 0. The topological polar surface area (TPSA) is 72.0 Å². The summed E-state index contributed by atoms with van der Waals surface area (Å²) in [6, 6.07) is 8.71. The summed E-state index contributed by atoms with van der Waals surface area (Å²) >= 11 is 3.28. The minimum Gasteiger partial charge on any atom is -0.507 e. The Morgan fingerprint density at radius 3 is 2.84 bits per heavy atom. The van der Waals surface area contributed by atoms with Crippen molar-refractivity contribution in [2.45, 2.75) is 0 Å². The average Bonchev–Trinajstić information content (AvgIpc) is 2.89. The third kappa shape index (κ3) is 2.34. The van der Waals surface area contributed by atoms with Crippen molar-refractivity contribution >= 4 is 15.9 Å². The molecular weight excluding hydrogens is 310 g/mol. The summed E-state index contributed by atoms with van der Waals surface area (Å²) in [5.41, 5.74) is 1.25. The summed E-state index contributed by atoms with van der Waals surface area (Å²) < 4.78 is 5.94. The number of aromatic hydroxyl groups is 1. The van der Waals surface area contributed by atoms with Crippen molar-refractivity contribution in [3.63, 3.8) is 0 Å². The smallest absolute Gasteiger partial charge is 0.262 e. The molecule has 0 radical (unpaired) electrons. The van der Waals surface area contributed by atoms with Crippen molar-refractivity contribution in [3.05, 3.63) is 47.2 Å². The van der Waals surface area contributed by atoms with Crippen molar-refractivity contribution in [2.24, 2.45) is 0 Å². The van der Waals surface area contributed by atoms with E-state index in [2.05, 4.69) is 31.1 Å². The van der Waals surface area contributed by atoms with E-state index in [9.17, 15) is 5.11 Å². The van der Waals surface area contributed by atoms with Gasteiger partial charge in [0.2, 0.25) is 5.82 Å². The van der Waals surface area contributed by atoms with Gasteiger partial charge >= 0.3 is 0 Å². The molecule has 0 fully saturated rings. The SMILES string of the molecule is Oc1cc(Br)ccc1-c1nc(-c2cccnc2)no1. The van der Waals surface area contributed by atoms with Crippen molar-refractivity contribution in [3.8, 4) is 28.6 Å². The van der Waals surface area contributed by atoms with Crippen LogP contribution >= 0.6 is 15.9 Å². The van der Waals surface area contributed by atoms with Crippen LogP contribution in [0.1, 0.15) is 0 Å². The first kappa shape index (κ1) is 11.9. The van der Waals surface area contributed by atoms with Crippen LogP contribution in [0.4, 0.5) is 0 Å². The minimum absolute atomic E-state index is 0.0794. The maximum Gasteiger partial charge on any atom is 0.262 e. The second kappa shape index (κ2) is 4.81. The fourth-order valence-electron chi connectivity index (χ4n) is 1.63. The summed E-state index contributed by atoms with van der Waals surface area (Å²) in [5, 5.41) is 13.7. The quantitative estimate of drug-likeness (QED) is 0.785. The van der Waals surface area contributed by atoms with Crippen LogP contribution in [0.5, 0.6) is 5.75 Å². The first-order valence-corrected chi connectivity index (χ1v) is 6.26. The van der Waals surface area contributed by atoms with E-state index in [4.69, 9.17) is 4.52 Å². The largest absolute Gasteiger partial charge is 0.507 e. The molecule has 94 valence electrons. The van der Waals surface area contributed by atoms with Gasteiger partial charge in [-0.15, -0.1) is 0 Å². The molecule has 1 N–H and O–H groups in total. The van der Waals surface area contributed by atoms with Gasteiger partial charge in [0.25, 0.3) is 5.89 Å². The van der Waals surface area contributed by atoms with Crippen molar-refractivity contribution in [1.82, 2.24) is 15.1 Å². The highest BCUT2D eigenvalue weighted by Crippen LogP contribution is 2.31. The average molecular weight is 318 g/mol. The van der Waals surface area contributed by atoms with Gasteiger partial charge in [0.15, 0.2) is 0 Å². The lowest BCUT2D eigenvalue weighted by Crippen LogP contribution is -1.82. The maximum atomic E-state index is 9.85. The molecule has 0 aliphatic carbocycles. The molecule has 3 rings (SSSR count). The zero-order valence-corrected chi connectivity index (χ0v) is 11.2. The number of phenols is 1. The van der Waals surface area contributed by atoms with E-state index in [0.717, 1.165) is 10.0 Å². The van der Waals surface area contributed by atoms with Gasteiger partial charge < -0.3 is 9.63 Å². The molecule has 6 heteroatoms. The van der Waals surface area contributed by atoms with Gasteiger partial charge in [-0.1, -0.05) is 21.1 Å². The highest BCUT2D eigenvalue weighted by Gasteiger charge is 2.14. The highest BCUT2D eigenvalue weighted by atomic mass is 79.9. The van der Waals surface area contributed by atoms with Gasteiger partial charge in [-0.25, -0.2) is 0 Å². The van der Waals surface area contributed by atoms with E-state index in [1.807, 2.05) is 6.07 Å². The third-order valence-electron chi connectivity index (χ3n) is 2.54. The molecule has 0 atom stereocenters. The van der Waals surface area contributed by atoms with Gasteiger partial charge in [-0.3, -0.25) is 4.98 Å². The number of aromatic nitrogens is 3. The Morgan fingerprint density at radius 1 is 1.21 bits per heavy atom. The van der Waals surface area contributed by atoms with Crippen LogP contribution < -0.4 is 0 Å². The number of hydrogen-bond acceptors (Lipinski definition) is 5. The molecule has 0 unspecified atom stereocenters. The second-order valence-corrected chi connectivity index (χ2v) is 4.74. The van der Waals surface area contributed by atoms with Gasteiger partial charge in [-0.2, -0.15) is 4.98 Å². The normalized spacial score (nSPS) is 10.6. The molecule has 3 aromatic rings. The number of pyridine rings is 1. The van der Waals surface area contributed by atoms with Crippen LogP contribution in [0.2, 0.25) is 0 Å². The second-order valence-electron chi connectivity index (χ2n) is 3.83. The molecular formula is C13H8BrN3O2. The van der Waals surface area contributed by atoms with Crippen LogP contribution in [-0.4, -0.2) is 20.2 Å². The summed E-state index contributed by atoms with van der Waals surface area (Å²) in [5.74, 6) is 0.782. The van der Waals surface area contributed by atoms with Gasteiger partial charge in [-0.05, 0) is 30.3 Å². The number of benzene rings is 1. The van der Waals surface area contributed by atoms with E-state index in [1.54, 1.807) is 36.7 Å². The monoisotopic (exact) mass is 317 g/mol.